The lowest BCUT2D eigenvalue weighted by molar-refractivity contribution is 0.0988. The maximum absolute atomic E-state index is 13.1. The molecule has 0 fully saturated rings. The number of nitrogens with one attached hydrogen (secondary N) is 1. The summed E-state index contributed by atoms with van der Waals surface area (Å²) >= 11 is 0. The molecule has 0 aliphatic carbocycles. The summed E-state index contributed by atoms with van der Waals surface area (Å²) in [5, 5.41) is 7.28. The van der Waals surface area contributed by atoms with E-state index >= 15 is 0 Å². The quantitative estimate of drug-likeness (QED) is 0.694. The van der Waals surface area contributed by atoms with Crippen LogP contribution in [0.15, 0.2) is 48.5 Å². The average Bonchev–Trinajstić information content (AvgIpc) is 3.14. The number of carbonyl (C=O) groups excluding carboxylic acids is 1. The van der Waals surface area contributed by atoms with Crippen molar-refractivity contribution in [2.45, 2.75) is 46.1 Å². The van der Waals surface area contributed by atoms with Gasteiger partial charge in [-0.15, -0.1) is 0 Å². The third-order valence-corrected chi connectivity index (χ3v) is 5.35. The molecule has 0 radical (unpaired) electrons. The molecule has 2 aromatic carbocycles. The molecule has 138 valence electrons. The molecule has 1 aliphatic heterocycles. The highest BCUT2D eigenvalue weighted by atomic mass is 16.2. The highest BCUT2D eigenvalue weighted by Crippen LogP contribution is 2.42. The number of aryl methyl sites for hydroxylation is 2. The van der Waals surface area contributed by atoms with Crippen LogP contribution in [0.1, 0.15) is 65.2 Å². The Morgan fingerprint density at radius 1 is 0.963 bits per heavy atom. The third kappa shape index (κ3) is 2.85. The summed E-state index contributed by atoms with van der Waals surface area (Å²) in [6.45, 7) is 10.6. The number of amides is 1. The summed E-state index contributed by atoms with van der Waals surface area (Å²) in [6.07, 6.45) is 0. The number of anilines is 1. The van der Waals surface area contributed by atoms with Gasteiger partial charge in [0.2, 0.25) is 0 Å². The zero-order valence-electron chi connectivity index (χ0n) is 16.5. The summed E-state index contributed by atoms with van der Waals surface area (Å²) in [4.78, 5) is 15.0. The van der Waals surface area contributed by atoms with Crippen molar-refractivity contribution in [3.63, 3.8) is 0 Å². The van der Waals surface area contributed by atoms with Crippen molar-refractivity contribution in [2.75, 3.05) is 4.90 Å². The summed E-state index contributed by atoms with van der Waals surface area (Å²) in [5.74, 6) is -0.0527. The van der Waals surface area contributed by atoms with E-state index in [9.17, 15) is 4.79 Å². The van der Waals surface area contributed by atoms with Crippen LogP contribution in [-0.4, -0.2) is 16.1 Å². The van der Waals surface area contributed by atoms with Gasteiger partial charge < -0.3 is 0 Å². The number of aromatic nitrogens is 2. The van der Waals surface area contributed by atoms with Crippen LogP contribution in [0.5, 0.6) is 0 Å². The summed E-state index contributed by atoms with van der Waals surface area (Å²) in [5.41, 5.74) is 6.98. The second-order valence-electron chi connectivity index (χ2n) is 8.40. The molecule has 1 aliphatic rings. The third-order valence-electron chi connectivity index (χ3n) is 5.35. The molecule has 4 nitrogen and oxygen atoms in total. The number of H-pyrrole nitrogens is 1. The predicted octanol–water partition coefficient (Wildman–Crippen LogP) is 5.07. The first-order valence-corrected chi connectivity index (χ1v) is 9.33. The second kappa shape index (κ2) is 6.08. The number of hydrogen-bond donors (Lipinski definition) is 1. The maximum atomic E-state index is 13.1. The highest BCUT2D eigenvalue weighted by molar-refractivity contribution is 6.10. The average molecular weight is 359 g/mol. The van der Waals surface area contributed by atoms with Gasteiger partial charge in [0.05, 0.1) is 6.04 Å². The Balaban J connectivity index is 1.84. The maximum Gasteiger partial charge on any atom is 0.279 e. The van der Waals surface area contributed by atoms with Crippen LogP contribution in [-0.2, 0) is 5.41 Å². The van der Waals surface area contributed by atoms with Gasteiger partial charge in [-0.3, -0.25) is 14.8 Å². The number of nitrogens with zero attached hydrogens (tertiary/aromatic N) is 2. The minimum absolute atomic E-state index is 0.0527. The van der Waals surface area contributed by atoms with Crippen molar-refractivity contribution >= 4 is 11.6 Å². The Bertz CT molecular complexity index is 992. The monoisotopic (exact) mass is 359 g/mol. The fourth-order valence-corrected chi connectivity index (χ4v) is 3.75. The molecule has 1 unspecified atom stereocenters. The number of benzene rings is 2. The van der Waals surface area contributed by atoms with E-state index < -0.39 is 0 Å². The van der Waals surface area contributed by atoms with Crippen molar-refractivity contribution in [2.24, 2.45) is 0 Å². The number of carbonyl (C=O) groups is 1. The molecule has 0 spiro atoms. The zero-order chi connectivity index (χ0) is 19.3. The number of hydrogen-bond acceptors (Lipinski definition) is 2. The van der Waals surface area contributed by atoms with Gasteiger partial charge in [0, 0.05) is 16.9 Å². The molecule has 0 bridgehead atoms. The van der Waals surface area contributed by atoms with E-state index in [1.54, 1.807) is 0 Å². The van der Waals surface area contributed by atoms with Gasteiger partial charge in [0.25, 0.3) is 5.91 Å². The zero-order valence-corrected chi connectivity index (χ0v) is 16.5. The van der Waals surface area contributed by atoms with Crippen molar-refractivity contribution in [1.82, 2.24) is 10.2 Å². The van der Waals surface area contributed by atoms with Crippen LogP contribution < -0.4 is 4.90 Å². The largest absolute Gasteiger partial charge is 0.295 e. The molecular formula is C23H25N3O. The molecule has 1 atom stereocenters. The Labute approximate surface area is 160 Å². The van der Waals surface area contributed by atoms with Crippen LogP contribution in [0.3, 0.4) is 0 Å². The highest BCUT2D eigenvalue weighted by Gasteiger charge is 2.42. The van der Waals surface area contributed by atoms with E-state index in [1.807, 2.05) is 43.0 Å². The Kier molecular flexibility index (Phi) is 3.95. The summed E-state index contributed by atoms with van der Waals surface area (Å²) in [6, 6.07) is 16.5. The SMILES string of the molecule is Cc1ccc(N2C(=O)c3n[nH]c(C)c3C2c2ccc(C(C)(C)C)cc2)cc1. The molecule has 0 saturated carbocycles. The molecule has 1 amide bonds. The van der Waals surface area contributed by atoms with E-state index in [2.05, 4.69) is 55.2 Å². The topological polar surface area (TPSA) is 49.0 Å². The summed E-state index contributed by atoms with van der Waals surface area (Å²) in [7, 11) is 0. The fraction of sp³-hybridized carbons (Fsp3) is 0.304. The van der Waals surface area contributed by atoms with Gasteiger partial charge in [0.15, 0.2) is 5.69 Å². The van der Waals surface area contributed by atoms with E-state index in [1.165, 1.54) is 11.1 Å². The van der Waals surface area contributed by atoms with Crippen molar-refractivity contribution in [3.8, 4) is 0 Å². The van der Waals surface area contributed by atoms with Gasteiger partial charge in [-0.05, 0) is 42.5 Å². The number of fused-ring (bicyclic) bond motifs is 1. The molecule has 0 saturated heterocycles. The van der Waals surface area contributed by atoms with Gasteiger partial charge >= 0.3 is 0 Å². The van der Waals surface area contributed by atoms with Crippen LogP contribution >= 0.6 is 0 Å². The summed E-state index contributed by atoms with van der Waals surface area (Å²) < 4.78 is 0. The number of aromatic amines is 1. The van der Waals surface area contributed by atoms with E-state index in [0.717, 1.165) is 22.5 Å². The molecule has 2 heterocycles. The van der Waals surface area contributed by atoms with Crippen LogP contribution in [0.2, 0.25) is 0 Å². The minimum atomic E-state index is -0.164. The predicted molar refractivity (Wildman–Crippen MR) is 108 cm³/mol. The first-order chi connectivity index (χ1) is 12.8. The number of rotatable bonds is 2. The molecule has 1 N–H and O–H groups in total. The van der Waals surface area contributed by atoms with E-state index in [0.29, 0.717) is 5.69 Å². The van der Waals surface area contributed by atoms with Crippen LogP contribution in [0.4, 0.5) is 5.69 Å². The molecule has 4 rings (SSSR count). The normalized spacial score (nSPS) is 16.7. The van der Waals surface area contributed by atoms with E-state index in [-0.39, 0.29) is 17.4 Å². The molecule has 27 heavy (non-hydrogen) atoms. The minimum Gasteiger partial charge on any atom is -0.295 e. The lowest BCUT2D eigenvalue weighted by Gasteiger charge is -2.27. The second-order valence-corrected chi connectivity index (χ2v) is 8.40. The van der Waals surface area contributed by atoms with Crippen molar-refractivity contribution in [1.29, 1.82) is 0 Å². The van der Waals surface area contributed by atoms with Gasteiger partial charge in [-0.2, -0.15) is 5.10 Å². The van der Waals surface area contributed by atoms with E-state index in [4.69, 9.17) is 0 Å². The van der Waals surface area contributed by atoms with Crippen LogP contribution in [0, 0.1) is 13.8 Å². The first kappa shape index (κ1) is 17.5. The molecule has 4 heteroatoms. The lowest BCUT2D eigenvalue weighted by Crippen LogP contribution is -2.29. The van der Waals surface area contributed by atoms with Gasteiger partial charge in [-0.1, -0.05) is 62.7 Å². The Morgan fingerprint density at radius 3 is 2.19 bits per heavy atom. The van der Waals surface area contributed by atoms with Gasteiger partial charge in [-0.25, -0.2) is 0 Å². The molecule has 3 aromatic rings. The first-order valence-electron chi connectivity index (χ1n) is 9.33. The Hall–Kier alpha value is -2.88. The standard InChI is InChI=1S/C23H25N3O/c1-14-6-12-18(13-7-14)26-21(19-15(2)24-25-20(19)22(26)27)16-8-10-17(11-9-16)23(3,4)5/h6-13,21H,1-5H3,(H,24,25). The van der Waals surface area contributed by atoms with Gasteiger partial charge in [0.1, 0.15) is 0 Å². The van der Waals surface area contributed by atoms with Crippen molar-refractivity contribution in [3.05, 3.63) is 82.2 Å². The molecule has 1 aromatic heterocycles. The Morgan fingerprint density at radius 2 is 1.59 bits per heavy atom. The lowest BCUT2D eigenvalue weighted by atomic mass is 9.86. The van der Waals surface area contributed by atoms with Crippen molar-refractivity contribution < 1.29 is 4.79 Å². The molecular weight excluding hydrogens is 334 g/mol. The fourth-order valence-electron chi connectivity index (χ4n) is 3.75. The smallest absolute Gasteiger partial charge is 0.279 e. The van der Waals surface area contributed by atoms with Crippen LogP contribution in [0.25, 0.3) is 0 Å².